The standard InChI is InChI=1S/C16H18F2N2O2/c1-2-8-22-16-13(17)9-12(14(18)20-16)15(21)19-10-11-6-4-3-5-7-11/h1,9,11H,3-8,10H2,(H,19,21). The summed E-state index contributed by atoms with van der Waals surface area (Å²) >= 11 is 0. The summed E-state index contributed by atoms with van der Waals surface area (Å²) < 4.78 is 32.3. The first-order chi connectivity index (χ1) is 10.6. The lowest BCUT2D eigenvalue weighted by Crippen LogP contribution is -2.31. The molecular formula is C16H18F2N2O2. The van der Waals surface area contributed by atoms with Crippen molar-refractivity contribution < 1.29 is 18.3 Å². The van der Waals surface area contributed by atoms with E-state index in [1.165, 1.54) is 6.42 Å². The number of ether oxygens (including phenoxy) is 1. The van der Waals surface area contributed by atoms with Gasteiger partial charge in [-0.2, -0.15) is 9.37 Å². The summed E-state index contributed by atoms with van der Waals surface area (Å²) in [7, 11) is 0. The minimum Gasteiger partial charge on any atom is -0.462 e. The highest BCUT2D eigenvalue weighted by molar-refractivity contribution is 5.94. The minimum absolute atomic E-state index is 0.226. The predicted octanol–water partition coefficient (Wildman–Crippen LogP) is 2.68. The van der Waals surface area contributed by atoms with Gasteiger partial charge in [-0.25, -0.2) is 4.39 Å². The molecule has 0 saturated heterocycles. The molecule has 1 heterocycles. The SMILES string of the molecule is C#CCOc1nc(F)c(C(=O)NCC2CCCCC2)cc1F. The average Bonchev–Trinajstić information content (AvgIpc) is 2.54. The molecule has 0 radical (unpaired) electrons. The van der Waals surface area contributed by atoms with Gasteiger partial charge in [0.15, 0.2) is 12.4 Å². The lowest BCUT2D eigenvalue weighted by Gasteiger charge is -2.21. The third-order valence-electron chi connectivity index (χ3n) is 3.71. The molecule has 0 bridgehead atoms. The van der Waals surface area contributed by atoms with Gasteiger partial charge in [0.05, 0.1) is 5.56 Å². The number of amides is 1. The van der Waals surface area contributed by atoms with E-state index < -0.39 is 29.1 Å². The number of rotatable bonds is 5. The molecule has 1 aliphatic rings. The van der Waals surface area contributed by atoms with Crippen molar-refractivity contribution in [1.82, 2.24) is 10.3 Å². The number of hydrogen-bond donors (Lipinski definition) is 1. The van der Waals surface area contributed by atoms with Gasteiger partial charge in [0, 0.05) is 6.54 Å². The van der Waals surface area contributed by atoms with Crippen LogP contribution in [0.15, 0.2) is 6.07 Å². The maximum atomic E-state index is 13.8. The van der Waals surface area contributed by atoms with Crippen LogP contribution in [-0.4, -0.2) is 24.0 Å². The van der Waals surface area contributed by atoms with E-state index >= 15 is 0 Å². The van der Waals surface area contributed by atoms with E-state index in [0.717, 1.165) is 31.7 Å². The zero-order chi connectivity index (χ0) is 15.9. The first-order valence-electron chi connectivity index (χ1n) is 7.32. The van der Waals surface area contributed by atoms with E-state index in [-0.39, 0.29) is 6.61 Å². The number of hydrogen-bond acceptors (Lipinski definition) is 3. The first kappa shape index (κ1) is 16.2. The summed E-state index contributed by atoms with van der Waals surface area (Å²) in [5.74, 6) is -0.676. The monoisotopic (exact) mass is 308 g/mol. The molecule has 1 aliphatic carbocycles. The summed E-state index contributed by atoms with van der Waals surface area (Å²) in [5.41, 5.74) is -0.429. The highest BCUT2D eigenvalue weighted by atomic mass is 19.1. The molecular weight excluding hydrogens is 290 g/mol. The van der Waals surface area contributed by atoms with Gasteiger partial charge in [0.1, 0.15) is 0 Å². The molecule has 0 aromatic carbocycles. The van der Waals surface area contributed by atoms with Gasteiger partial charge >= 0.3 is 0 Å². The Kier molecular flexibility index (Phi) is 5.70. The molecule has 22 heavy (non-hydrogen) atoms. The Hall–Kier alpha value is -2.16. The first-order valence-corrected chi connectivity index (χ1v) is 7.32. The van der Waals surface area contributed by atoms with Crippen LogP contribution in [0, 0.1) is 30.0 Å². The maximum absolute atomic E-state index is 13.8. The molecule has 4 nitrogen and oxygen atoms in total. The highest BCUT2D eigenvalue weighted by Crippen LogP contribution is 2.23. The summed E-state index contributed by atoms with van der Waals surface area (Å²) in [6.45, 7) is 0.242. The molecule has 1 amide bonds. The van der Waals surface area contributed by atoms with Crippen LogP contribution in [0.3, 0.4) is 0 Å². The van der Waals surface area contributed by atoms with Crippen LogP contribution in [0.4, 0.5) is 8.78 Å². The van der Waals surface area contributed by atoms with Crippen LogP contribution < -0.4 is 10.1 Å². The molecule has 1 aromatic heterocycles. The lowest BCUT2D eigenvalue weighted by atomic mass is 9.89. The van der Waals surface area contributed by atoms with Crippen molar-refractivity contribution in [3.05, 3.63) is 23.4 Å². The minimum atomic E-state index is -1.07. The van der Waals surface area contributed by atoms with E-state index in [1.54, 1.807) is 0 Å². The van der Waals surface area contributed by atoms with Crippen molar-refractivity contribution in [2.45, 2.75) is 32.1 Å². The summed E-state index contributed by atoms with van der Waals surface area (Å²) in [6, 6.07) is 0.782. The van der Waals surface area contributed by atoms with Crippen molar-refractivity contribution in [2.75, 3.05) is 13.2 Å². The Balaban J connectivity index is 1.99. The van der Waals surface area contributed by atoms with Crippen molar-refractivity contribution in [1.29, 1.82) is 0 Å². The van der Waals surface area contributed by atoms with E-state index in [2.05, 4.69) is 16.2 Å². The fourth-order valence-corrected chi connectivity index (χ4v) is 2.54. The second kappa shape index (κ2) is 7.74. The van der Waals surface area contributed by atoms with Crippen LogP contribution in [0.1, 0.15) is 42.5 Å². The number of pyridine rings is 1. The Labute approximate surface area is 128 Å². The highest BCUT2D eigenvalue weighted by Gasteiger charge is 2.20. The second-order valence-electron chi connectivity index (χ2n) is 5.32. The fraction of sp³-hybridized carbons (Fsp3) is 0.500. The number of nitrogens with zero attached hydrogens (tertiary/aromatic N) is 1. The Morgan fingerprint density at radius 1 is 1.41 bits per heavy atom. The number of terminal acetylenes is 1. The fourth-order valence-electron chi connectivity index (χ4n) is 2.54. The molecule has 2 rings (SSSR count). The van der Waals surface area contributed by atoms with Crippen molar-refractivity contribution in [2.24, 2.45) is 5.92 Å². The Bertz CT molecular complexity index is 578. The molecule has 118 valence electrons. The van der Waals surface area contributed by atoms with Gasteiger partial charge in [-0.05, 0) is 24.8 Å². The number of nitrogens with one attached hydrogen (secondary N) is 1. The number of carbonyl (C=O) groups excluding carboxylic acids is 1. The Morgan fingerprint density at radius 2 is 2.14 bits per heavy atom. The number of halogens is 2. The predicted molar refractivity (Wildman–Crippen MR) is 77.4 cm³/mol. The summed E-state index contributed by atoms with van der Waals surface area (Å²) in [5, 5.41) is 2.64. The molecule has 1 N–H and O–H groups in total. The van der Waals surface area contributed by atoms with Gasteiger partial charge < -0.3 is 10.1 Å². The zero-order valence-corrected chi connectivity index (χ0v) is 12.2. The van der Waals surface area contributed by atoms with Crippen LogP contribution in [0.2, 0.25) is 0 Å². The molecule has 1 fully saturated rings. The third kappa shape index (κ3) is 4.17. The molecule has 0 atom stereocenters. The van der Waals surface area contributed by atoms with E-state index in [9.17, 15) is 13.6 Å². The van der Waals surface area contributed by atoms with Crippen LogP contribution in [0.5, 0.6) is 5.88 Å². The topological polar surface area (TPSA) is 51.2 Å². The quantitative estimate of drug-likeness (QED) is 0.672. The van der Waals surface area contributed by atoms with Gasteiger partial charge in [-0.15, -0.1) is 6.42 Å². The summed E-state index contributed by atoms with van der Waals surface area (Å²) in [4.78, 5) is 15.3. The van der Waals surface area contributed by atoms with Crippen LogP contribution >= 0.6 is 0 Å². The third-order valence-corrected chi connectivity index (χ3v) is 3.71. The number of carbonyl (C=O) groups is 1. The molecule has 0 aliphatic heterocycles. The van der Waals surface area contributed by atoms with Crippen molar-refractivity contribution in [3.8, 4) is 18.2 Å². The van der Waals surface area contributed by atoms with Gasteiger partial charge in [-0.3, -0.25) is 4.79 Å². The molecule has 1 aromatic rings. The smallest absolute Gasteiger partial charge is 0.256 e. The molecule has 1 saturated carbocycles. The van der Waals surface area contributed by atoms with Crippen molar-refractivity contribution >= 4 is 5.91 Å². The lowest BCUT2D eigenvalue weighted by molar-refractivity contribution is 0.0937. The van der Waals surface area contributed by atoms with Crippen LogP contribution in [0.25, 0.3) is 0 Å². The largest absolute Gasteiger partial charge is 0.462 e. The number of aromatic nitrogens is 1. The average molecular weight is 308 g/mol. The van der Waals surface area contributed by atoms with Gasteiger partial charge in [0.25, 0.3) is 11.8 Å². The van der Waals surface area contributed by atoms with Gasteiger partial charge in [0.2, 0.25) is 5.95 Å². The maximum Gasteiger partial charge on any atom is 0.256 e. The second-order valence-corrected chi connectivity index (χ2v) is 5.32. The Morgan fingerprint density at radius 3 is 2.82 bits per heavy atom. The van der Waals surface area contributed by atoms with Crippen molar-refractivity contribution in [3.63, 3.8) is 0 Å². The molecule has 0 unspecified atom stereocenters. The summed E-state index contributed by atoms with van der Waals surface area (Å²) in [6.07, 6.45) is 10.6. The normalized spacial score (nSPS) is 15.1. The van der Waals surface area contributed by atoms with E-state index in [0.29, 0.717) is 12.5 Å². The van der Waals surface area contributed by atoms with E-state index in [1.807, 2.05) is 0 Å². The van der Waals surface area contributed by atoms with E-state index in [4.69, 9.17) is 11.2 Å². The molecule has 0 spiro atoms. The molecule has 6 heteroatoms. The van der Waals surface area contributed by atoms with Gasteiger partial charge in [-0.1, -0.05) is 25.2 Å². The van der Waals surface area contributed by atoms with Crippen LogP contribution in [-0.2, 0) is 0 Å². The zero-order valence-electron chi connectivity index (χ0n) is 12.2.